The Kier molecular flexibility index (Phi) is 6.81. The topological polar surface area (TPSA) is 94.3 Å². The van der Waals surface area contributed by atoms with Crippen LogP contribution in [-0.4, -0.2) is 19.9 Å². The van der Waals surface area contributed by atoms with Gasteiger partial charge in [0.05, 0.1) is 4.92 Å². The fourth-order valence-electron chi connectivity index (χ4n) is 3.93. The Hall–Kier alpha value is -4.37. The number of hydrogen-bond donors (Lipinski definition) is 0. The zero-order valence-electron chi connectivity index (χ0n) is 19.0. The Morgan fingerprint density at radius 3 is 2.14 bits per heavy atom. The minimum Gasteiger partial charge on any atom is -0.431 e. The van der Waals surface area contributed by atoms with Gasteiger partial charge in [0.2, 0.25) is 5.82 Å². The van der Waals surface area contributed by atoms with Crippen molar-refractivity contribution in [1.29, 1.82) is 0 Å². The van der Waals surface area contributed by atoms with Crippen LogP contribution < -0.4 is 9.64 Å². The van der Waals surface area contributed by atoms with Gasteiger partial charge in [-0.05, 0) is 29.3 Å². The van der Waals surface area contributed by atoms with Crippen LogP contribution in [0.4, 0.5) is 11.5 Å². The normalized spacial score (nSPS) is 10.8. The number of benzene rings is 3. The first-order valence-corrected chi connectivity index (χ1v) is 11.9. The molecule has 0 saturated carbocycles. The Bertz CT molecular complexity index is 1480. The molecule has 0 N–H and O–H groups in total. The summed E-state index contributed by atoms with van der Waals surface area (Å²) in [6.07, 6.45) is 2.93. The molecule has 0 aliphatic heterocycles. The number of aromatic nitrogens is 3. The molecule has 0 aliphatic carbocycles. The molecule has 0 aliphatic rings. The van der Waals surface area contributed by atoms with E-state index in [4.69, 9.17) is 4.74 Å². The molecule has 3 aromatic carbocycles. The van der Waals surface area contributed by atoms with E-state index >= 15 is 0 Å². The summed E-state index contributed by atoms with van der Waals surface area (Å²) >= 11 is 3.51. The Labute approximate surface area is 215 Å². The van der Waals surface area contributed by atoms with E-state index in [0.717, 1.165) is 21.0 Å². The number of pyridine rings is 1. The van der Waals surface area contributed by atoms with Gasteiger partial charge in [0, 0.05) is 29.1 Å². The lowest BCUT2D eigenvalue weighted by atomic mass is 10.1. The van der Waals surface area contributed by atoms with Crippen LogP contribution in [0.5, 0.6) is 11.6 Å². The lowest BCUT2D eigenvalue weighted by molar-refractivity contribution is -0.385. The van der Waals surface area contributed by atoms with E-state index in [-0.39, 0.29) is 17.4 Å². The molecule has 2 heterocycles. The molecule has 178 valence electrons. The standard InChI is InChI=1S/C27H20BrN5O3/c28-22-13-14-23(24-21(22)12-7-15-29-24)36-27-25(33(34)35)26(30-18-31-27)32(16-19-8-3-1-4-9-19)17-20-10-5-2-6-11-20/h1-15,18H,16-17H2. The van der Waals surface area contributed by atoms with E-state index in [9.17, 15) is 10.1 Å². The van der Waals surface area contributed by atoms with Crippen LogP contribution in [0.3, 0.4) is 0 Å². The maximum absolute atomic E-state index is 12.4. The van der Waals surface area contributed by atoms with Crippen molar-refractivity contribution in [2.75, 3.05) is 4.90 Å². The minimum absolute atomic E-state index is 0.148. The second-order valence-electron chi connectivity index (χ2n) is 7.98. The fraction of sp³-hybridized carbons (Fsp3) is 0.0741. The van der Waals surface area contributed by atoms with Crippen molar-refractivity contribution < 1.29 is 9.66 Å². The third-order valence-electron chi connectivity index (χ3n) is 5.57. The quantitative estimate of drug-likeness (QED) is 0.159. The number of nitro groups is 1. The maximum Gasteiger partial charge on any atom is 0.373 e. The van der Waals surface area contributed by atoms with Gasteiger partial charge in [-0.25, -0.2) is 4.98 Å². The van der Waals surface area contributed by atoms with Crippen molar-refractivity contribution in [2.45, 2.75) is 13.1 Å². The van der Waals surface area contributed by atoms with Gasteiger partial charge in [-0.3, -0.25) is 15.1 Å². The van der Waals surface area contributed by atoms with Crippen LogP contribution >= 0.6 is 15.9 Å². The van der Waals surface area contributed by atoms with E-state index in [1.54, 1.807) is 12.3 Å². The van der Waals surface area contributed by atoms with Crippen molar-refractivity contribution in [3.63, 3.8) is 0 Å². The van der Waals surface area contributed by atoms with Gasteiger partial charge in [-0.15, -0.1) is 0 Å². The second kappa shape index (κ2) is 10.5. The van der Waals surface area contributed by atoms with Gasteiger partial charge < -0.3 is 9.64 Å². The third kappa shape index (κ3) is 5.01. The van der Waals surface area contributed by atoms with Crippen LogP contribution in [0.15, 0.2) is 102 Å². The summed E-state index contributed by atoms with van der Waals surface area (Å²) in [5.74, 6) is 0.386. The average Bonchev–Trinajstić information content (AvgIpc) is 2.91. The molecule has 36 heavy (non-hydrogen) atoms. The number of hydrogen-bond acceptors (Lipinski definition) is 7. The highest BCUT2D eigenvalue weighted by Gasteiger charge is 2.29. The maximum atomic E-state index is 12.4. The molecule has 0 unspecified atom stereocenters. The zero-order chi connectivity index (χ0) is 24.9. The number of fused-ring (bicyclic) bond motifs is 1. The number of anilines is 1. The molecule has 0 spiro atoms. The summed E-state index contributed by atoms with van der Waals surface area (Å²) in [6, 6.07) is 26.7. The molecule has 8 nitrogen and oxygen atoms in total. The summed E-state index contributed by atoms with van der Waals surface area (Å²) < 4.78 is 6.87. The first-order chi connectivity index (χ1) is 17.6. The SMILES string of the molecule is O=[N+]([O-])c1c(Oc2ccc(Br)c3cccnc23)ncnc1N(Cc1ccccc1)Cc1ccccc1. The lowest BCUT2D eigenvalue weighted by Gasteiger charge is -2.24. The number of halogens is 1. The zero-order valence-corrected chi connectivity index (χ0v) is 20.6. The molecule has 0 saturated heterocycles. The highest BCUT2D eigenvalue weighted by atomic mass is 79.9. The van der Waals surface area contributed by atoms with Crippen molar-refractivity contribution >= 4 is 38.3 Å². The van der Waals surface area contributed by atoms with E-state index in [1.165, 1.54) is 6.33 Å². The van der Waals surface area contributed by atoms with Gasteiger partial charge in [-0.2, -0.15) is 4.98 Å². The van der Waals surface area contributed by atoms with Crippen LogP contribution in [0.2, 0.25) is 0 Å². The number of ether oxygens (including phenoxy) is 1. The fourth-order valence-corrected chi connectivity index (χ4v) is 4.38. The molecule has 9 heteroatoms. The van der Waals surface area contributed by atoms with Gasteiger partial charge in [0.1, 0.15) is 11.8 Å². The molecule has 5 aromatic rings. The first-order valence-electron chi connectivity index (χ1n) is 11.1. The summed E-state index contributed by atoms with van der Waals surface area (Å²) in [5, 5.41) is 13.2. The molecule has 2 aromatic heterocycles. The van der Waals surface area contributed by atoms with E-state index in [2.05, 4.69) is 30.9 Å². The van der Waals surface area contributed by atoms with Crippen LogP contribution in [-0.2, 0) is 13.1 Å². The van der Waals surface area contributed by atoms with E-state index < -0.39 is 4.92 Å². The number of rotatable bonds is 8. The molecule has 0 bridgehead atoms. The van der Waals surface area contributed by atoms with E-state index in [1.807, 2.05) is 83.8 Å². The summed E-state index contributed by atoms with van der Waals surface area (Å²) in [5.41, 5.74) is 2.24. The summed E-state index contributed by atoms with van der Waals surface area (Å²) in [6.45, 7) is 0.825. The van der Waals surface area contributed by atoms with Gasteiger partial charge >= 0.3 is 11.6 Å². The molecular formula is C27H20BrN5O3. The third-order valence-corrected chi connectivity index (χ3v) is 6.26. The lowest BCUT2D eigenvalue weighted by Crippen LogP contribution is -2.24. The Morgan fingerprint density at radius 1 is 0.833 bits per heavy atom. The van der Waals surface area contributed by atoms with Crippen LogP contribution in [0.25, 0.3) is 10.9 Å². The predicted octanol–water partition coefficient (Wildman–Crippen LogP) is 6.69. The Morgan fingerprint density at radius 2 is 1.50 bits per heavy atom. The molecule has 5 rings (SSSR count). The van der Waals surface area contributed by atoms with Crippen LogP contribution in [0.1, 0.15) is 11.1 Å². The van der Waals surface area contributed by atoms with Gasteiger partial charge in [0.15, 0.2) is 5.75 Å². The summed E-state index contributed by atoms with van der Waals surface area (Å²) in [7, 11) is 0. The monoisotopic (exact) mass is 541 g/mol. The molecule has 0 amide bonds. The highest BCUT2D eigenvalue weighted by Crippen LogP contribution is 2.39. The van der Waals surface area contributed by atoms with Crippen molar-refractivity contribution in [3.8, 4) is 11.6 Å². The van der Waals surface area contributed by atoms with Crippen molar-refractivity contribution in [2.24, 2.45) is 0 Å². The molecule has 0 fully saturated rings. The Balaban J connectivity index is 1.59. The first kappa shape index (κ1) is 23.4. The summed E-state index contributed by atoms with van der Waals surface area (Å²) in [4.78, 5) is 26.6. The second-order valence-corrected chi connectivity index (χ2v) is 8.84. The van der Waals surface area contributed by atoms with Gasteiger partial charge in [0.25, 0.3) is 0 Å². The smallest absolute Gasteiger partial charge is 0.373 e. The molecule has 0 radical (unpaired) electrons. The van der Waals surface area contributed by atoms with Crippen molar-refractivity contribution in [3.05, 3.63) is 123 Å². The van der Waals surface area contributed by atoms with Crippen LogP contribution in [0, 0.1) is 10.1 Å². The number of nitrogens with zero attached hydrogens (tertiary/aromatic N) is 5. The molecule has 0 atom stereocenters. The largest absolute Gasteiger partial charge is 0.431 e. The minimum atomic E-state index is -0.498. The van der Waals surface area contributed by atoms with E-state index in [0.29, 0.717) is 24.4 Å². The predicted molar refractivity (Wildman–Crippen MR) is 141 cm³/mol. The van der Waals surface area contributed by atoms with Crippen molar-refractivity contribution in [1.82, 2.24) is 15.0 Å². The average molecular weight is 542 g/mol. The van der Waals surface area contributed by atoms with Gasteiger partial charge in [-0.1, -0.05) is 82.7 Å². The molecular weight excluding hydrogens is 522 g/mol. The highest BCUT2D eigenvalue weighted by molar-refractivity contribution is 9.10.